The lowest BCUT2D eigenvalue weighted by Crippen LogP contribution is -2.50. The van der Waals surface area contributed by atoms with Crippen molar-refractivity contribution >= 4 is 45.2 Å². The monoisotopic (exact) mass is 454 g/mol. The van der Waals surface area contributed by atoms with E-state index >= 15 is 0 Å². The van der Waals surface area contributed by atoms with Gasteiger partial charge in [0.05, 0.1) is 12.1 Å². The Morgan fingerprint density at radius 1 is 1.19 bits per heavy atom. The average molecular weight is 456 g/mol. The summed E-state index contributed by atoms with van der Waals surface area (Å²) >= 11 is 9.14. The molecular weight excluding hydrogens is 439 g/mol. The molecule has 0 unspecified atom stereocenters. The van der Waals surface area contributed by atoms with Crippen LogP contribution in [0.25, 0.3) is 0 Å². The third-order valence-electron chi connectivity index (χ3n) is 4.18. The van der Waals surface area contributed by atoms with Crippen LogP contribution >= 0.6 is 27.5 Å². The average Bonchev–Trinajstić information content (AvgIpc) is 2.65. The van der Waals surface area contributed by atoms with Gasteiger partial charge < -0.3 is 10.2 Å². The van der Waals surface area contributed by atoms with Crippen LogP contribution in [-0.2, 0) is 4.79 Å². The van der Waals surface area contributed by atoms with E-state index in [2.05, 4.69) is 26.2 Å². The van der Waals surface area contributed by atoms with Gasteiger partial charge in [0.2, 0.25) is 5.91 Å². The smallest absolute Gasteiger partial charge is 0.256 e. The fourth-order valence-corrected chi connectivity index (χ4v) is 3.18. The summed E-state index contributed by atoms with van der Waals surface area (Å²) in [5, 5.41) is 3.05. The summed E-state index contributed by atoms with van der Waals surface area (Å²) in [6.07, 6.45) is 1.61. The van der Waals surface area contributed by atoms with E-state index in [1.54, 1.807) is 23.2 Å². The van der Waals surface area contributed by atoms with Crippen LogP contribution in [0.3, 0.4) is 0 Å². The maximum atomic E-state index is 13.9. The van der Waals surface area contributed by atoms with E-state index < -0.39 is 11.7 Å². The van der Waals surface area contributed by atoms with E-state index in [9.17, 15) is 14.0 Å². The van der Waals surface area contributed by atoms with Gasteiger partial charge in [-0.3, -0.25) is 14.5 Å². The highest BCUT2D eigenvalue weighted by Gasteiger charge is 2.25. The van der Waals surface area contributed by atoms with Gasteiger partial charge in [-0.15, -0.1) is 0 Å². The first-order chi connectivity index (χ1) is 12.9. The lowest BCUT2D eigenvalue weighted by molar-refractivity contribution is -0.117. The van der Waals surface area contributed by atoms with Crippen molar-refractivity contribution in [1.29, 1.82) is 0 Å². The molecule has 1 aromatic heterocycles. The second-order valence-corrected chi connectivity index (χ2v) is 7.45. The second kappa shape index (κ2) is 8.77. The molecule has 0 spiro atoms. The quantitative estimate of drug-likeness (QED) is 0.770. The summed E-state index contributed by atoms with van der Waals surface area (Å²) < 4.78 is 14.7. The van der Waals surface area contributed by atoms with Crippen LogP contribution in [0, 0.1) is 5.82 Å². The number of rotatable bonds is 4. The van der Waals surface area contributed by atoms with Gasteiger partial charge in [0.1, 0.15) is 11.6 Å². The number of nitrogens with zero attached hydrogens (tertiary/aromatic N) is 3. The molecule has 1 fully saturated rings. The largest absolute Gasteiger partial charge is 0.336 e. The number of carbonyl (C=O) groups is 2. The molecule has 0 bridgehead atoms. The molecule has 1 aliphatic heterocycles. The highest BCUT2D eigenvalue weighted by atomic mass is 79.9. The van der Waals surface area contributed by atoms with Crippen molar-refractivity contribution in [3.8, 4) is 0 Å². The maximum Gasteiger partial charge on any atom is 0.256 e. The van der Waals surface area contributed by atoms with Gasteiger partial charge in [0.25, 0.3) is 5.91 Å². The number of aromatic nitrogens is 1. The first-order valence-electron chi connectivity index (χ1n) is 8.30. The molecule has 2 heterocycles. The van der Waals surface area contributed by atoms with Crippen molar-refractivity contribution < 1.29 is 14.0 Å². The summed E-state index contributed by atoms with van der Waals surface area (Å²) in [5.74, 6) is -0.676. The third-order valence-corrected chi connectivity index (χ3v) is 4.88. The normalized spacial score (nSPS) is 14.9. The van der Waals surface area contributed by atoms with Gasteiger partial charge in [0, 0.05) is 41.9 Å². The van der Waals surface area contributed by atoms with Gasteiger partial charge in [-0.05, 0) is 46.3 Å². The van der Waals surface area contributed by atoms with E-state index in [-0.39, 0.29) is 18.0 Å². The van der Waals surface area contributed by atoms with Gasteiger partial charge in [0.15, 0.2) is 0 Å². The Bertz CT molecular complexity index is 842. The van der Waals surface area contributed by atoms with E-state index in [1.807, 2.05) is 4.90 Å². The molecule has 27 heavy (non-hydrogen) atoms. The van der Waals surface area contributed by atoms with E-state index in [0.29, 0.717) is 37.0 Å². The minimum Gasteiger partial charge on any atom is -0.336 e. The van der Waals surface area contributed by atoms with Crippen molar-refractivity contribution in [3.05, 3.63) is 57.4 Å². The van der Waals surface area contributed by atoms with E-state index in [4.69, 9.17) is 11.6 Å². The Morgan fingerprint density at radius 3 is 2.59 bits per heavy atom. The zero-order chi connectivity index (χ0) is 19.4. The van der Waals surface area contributed by atoms with Crippen LogP contribution in [0.15, 0.2) is 41.0 Å². The summed E-state index contributed by atoms with van der Waals surface area (Å²) in [7, 11) is 0. The van der Waals surface area contributed by atoms with Crippen molar-refractivity contribution in [2.75, 3.05) is 38.0 Å². The molecule has 1 saturated heterocycles. The Morgan fingerprint density at radius 2 is 1.93 bits per heavy atom. The van der Waals surface area contributed by atoms with E-state index in [1.165, 1.54) is 18.2 Å². The number of hydrogen-bond acceptors (Lipinski definition) is 4. The number of anilines is 1. The fourth-order valence-electron chi connectivity index (χ4n) is 2.78. The van der Waals surface area contributed by atoms with Crippen LogP contribution < -0.4 is 5.32 Å². The molecule has 9 heteroatoms. The summed E-state index contributed by atoms with van der Waals surface area (Å²) in [6, 6.07) is 7.43. The molecule has 2 aromatic rings. The second-order valence-electron chi connectivity index (χ2n) is 6.10. The number of hydrogen-bond donors (Lipinski definition) is 1. The Kier molecular flexibility index (Phi) is 6.41. The number of nitrogens with one attached hydrogen (secondary N) is 1. The molecule has 1 N–H and O–H groups in total. The number of pyridine rings is 1. The van der Waals surface area contributed by atoms with Crippen LogP contribution in [0.2, 0.25) is 5.02 Å². The number of halogens is 3. The lowest BCUT2D eigenvalue weighted by atomic mass is 10.1. The highest BCUT2D eigenvalue weighted by molar-refractivity contribution is 9.10. The molecule has 3 rings (SSSR count). The number of amides is 2. The van der Waals surface area contributed by atoms with Crippen molar-refractivity contribution in [3.63, 3.8) is 0 Å². The zero-order valence-electron chi connectivity index (χ0n) is 14.3. The summed E-state index contributed by atoms with van der Waals surface area (Å²) in [4.78, 5) is 32.2. The van der Waals surface area contributed by atoms with Crippen molar-refractivity contribution in [1.82, 2.24) is 14.8 Å². The molecule has 1 aliphatic rings. The molecule has 0 aliphatic carbocycles. The van der Waals surface area contributed by atoms with Gasteiger partial charge >= 0.3 is 0 Å². The van der Waals surface area contributed by atoms with E-state index in [0.717, 1.165) is 4.47 Å². The molecule has 2 amide bonds. The molecule has 0 saturated carbocycles. The summed E-state index contributed by atoms with van der Waals surface area (Å²) in [6.45, 7) is 2.07. The minimum atomic E-state index is -0.590. The highest BCUT2D eigenvalue weighted by Crippen LogP contribution is 2.18. The van der Waals surface area contributed by atoms with Gasteiger partial charge in [-0.2, -0.15) is 0 Å². The first-order valence-corrected chi connectivity index (χ1v) is 9.47. The Balaban J connectivity index is 1.51. The Labute approximate surface area is 169 Å². The fraction of sp³-hybridized carbons (Fsp3) is 0.278. The van der Waals surface area contributed by atoms with Crippen molar-refractivity contribution in [2.45, 2.75) is 0 Å². The Hall–Kier alpha value is -2.03. The first kappa shape index (κ1) is 19.7. The molecule has 0 atom stereocenters. The third kappa shape index (κ3) is 5.24. The molecule has 6 nitrogen and oxygen atoms in total. The summed E-state index contributed by atoms with van der Waals surface area (Å²) in [5.41, 5.74) is -0.0324. The maximum absolute atomic E-state index is 13.9. The number of benzene rings is 1. The van der Waals surface area contributed by atoms with Gasteiger partial charge in [-0.25, -0.2) is 9.37 Å². The number of carbonyl (C=O) groups excluding carboxylic acids is 2. The topological polar surface area (TPSA) is 65.5 Å². The molecule has 142 valence electrons. The number of piperazine rings is 1. The van der Waals surface area contributed by atoms with Crippen LogP contribution in [0.5, 0.6) is 0 Å². The standard InChI is InChI=1S/C18H17BrClFN4O2/c19-12-1-4-16(22-10-12)23-17(26)11-24-5-7-25(8-6-24)18(27)14-9-13(20)2-3-15(14)21/h1-4,9-10H,5-8,11H2,(H,22,23,26). The predicted molar refractivity (Wildman–Crippen MR) is 104 cm³/mol. The SMILES string of the molecule is O=C(CN1CCN(C(=O)c2cc(Cl)ccc2F)CC1)Nc1ccc(Br)cn1. The van der Waals surface area contributed by atoms with Gasteiger partial charge in [-0.1, -0.05) is 11.6 Å². The van der Waals surface area contributed by atoms with Crippen LogP contribution in [-0.4, -0.2) is 59.3 Å². The van der Waals surface area contributed by atoms with Crippen LogP contribution in [0.1, 0.15) is 10.4 Å². The van der Waals surface area contributed by atoms with Crippen molar-refractivity contribution in [2.24, 2.45) is 0 Å². The lowest BCUT2D eigenvalue weighted by Gasteiger charge is -2.34. The molecule has 1 aromatic carbocycles. The minimum absolute atomic E-state index is 0.0324. The van der Waals surface area contributed by atoms with Crippen LogP contribution in [0.4, 0.5) is 10.2 Å². The predicted octanol–water partition coefficient (Wildman–Crippen LogP) is 3.03. The molecular formula is C18H17BrClFN4O2. The molecule has 0 radical (unpaired) electrons. The zero-order valence-corrected chi connectivity index (χ0v) is 16.6.